The van der Waals surface area contributed by atoms with Gasteiger partial charge in [-0.3, -0.25) is 4.79 Å². The maximum atomic E-state index is 12.3. The third kappa shape index (κ3) is 2.77. The predicted octanol–water partition coefficient (Wildman–Crippen LogP) is 4.50. The Balaban J connectivity index is 1.43. The van der Waals surface area contributed by atoms with Crippen molar-refractivity contribution in [3.63, 3.8) is 0 Å². The molecule has 0 heterocycles. The normalized spacial score (nSPS) is 36.7. The maximum absolute atomic E-state index is 12.3. The molecule has 0 N–H and O–H groups in total. The molecule has 4 bridgehead atoms. The summed E-state index contributed by atoms with van der Waals surface area (Å²) >= 11 is 3.42. The molecule has 0 spiro atoms. The number of hydrogen-bond acceptors (Lipinski definition) is 2. The number of halogens is 1. The molecule has 0 radical (unpaired) electrons. The first kappa shape index (κ1) is 13.8. The van der Waals surface area contributed by atoms with E-state index in [4.69, 9.17) is 4.74 Å². The zero-order valence-corrected chi connectivity index (χ0v) is 13.8. The van der Waals surface area contributed by atoms with E-state index in [1.165, 1.54) is 19.3 Å². The summed E-state index contributed by atoms with van der Waals surface area (Å²) in [6.45, 7) is 0. The Morgan fingerprint density at radius 2 is 1.57 bits per heavy atom. The second kappa shape index (κ2) is 5.12. The second-order valence-electron chi connectivity index (χ2n) is 7.38. The van der Waals surface area contributed by atoms with Crippen LogP contribution in [0, 0.1) is 17.8 Å². The van der Waals surface area contributed by atoms with Crippen molar-refractivity contribution in [2.45, 2.75) is 50.5 Å². The SMILES string of the molecule is O=C(Cc1ccc(Br)cc1)OC12CC3CC(CC(C3)C1)C2. The standard InChI is InChI=1S/C18H21BrO2/c19-16-3-1-12(2-4-16)8-17(20)21-18-9-13-5-14(10-18)7-15(6-13)11-18/h1-4,13-15H,5-11H2. The molecule has 4 aliphatic rings. The fraction of sp³-hybridized carbons (Fsp3) is 0.611. The smallest absolute Gasteiger partial charge is 0.310 e. The summed E-state index contributed by atoms with van der Waals surface area (Å²) in [6.07, 6.45) is 7.88. The van der Waals surface area contributed by atoms with E-state index < -0.39 is 0 Å². The van der Waals surface area contributed by atoms with Crippen molar-refractivity contribution in [3.8, 4) is 0 Å². The highest BCUT2D eigenvalue weighted by Crippen LogP contribution is 2.57. The van der Waals surface area contributed by atoms with E-state index in [2.05, 4.69) is 15.9 Å². The van der Waals surface area contributed by atoms with E-state index in [0.717, 1.165) is 47.1 Å². The number of benzene rings is 1. The molecule has 4 fully saturated rings. The van der Waals surface area contributed by atoms with Gasteiger partial charge in [-0.15, -0.1) is 0 Å². The van der Waals surface area contributed by atoms with Crippen molar-refractivity contribution >= 4 is 21.9 Å². The van der Waals surface area contributed by atoms with Gasteiger partial charge in [-0.1, -0.05) is 28.1 Å². The Kier molecular flexibility index (Phi) is 3.36. The molecule has 4 saturated carbocycles. The number of esters is 1. The third-order valence-electron chi connectivity index (χ3n) is 5.57. The van der Waals surface area contributed by atoms with Gasteiger partial charge in [-0.05, 0) is 74.0 Å². The molecule has 21 heavy (non-hydrogen) atoms. The molecule has 0 amide bonds. The van der Waals surface area contributed by atoms with Gasteiger partial charge in [-0.25, -0.2) is 0 Å². The highest BCUT2D eigenvalue weighted by Gasteiger charge is 2.53. The molecule has 3 heteroatoms. The van der Waals surface area contributed by atoms with Gasteiger partial charge in [0.15, 0.2) is 0 Å². The molecule has 0 atom stereocenters. The predicted molar refractivity (Wildman–Crippen MR) is 84.8 cm³/mol. The van der Waals surface area contributed by atoms with E-state index in [0.29, 0.717) is 6.42 Å². The summed E-state index contributed by atoms with van der Waals surface area (Å²) in [7, 11) is 0. The fourth-order valence-corrected chi connectivity index (χ4v) is 5.47. The minimum Gasteiger partial charge on any atom is -0.459 e. The molecule has 0 aliphatic heterocycles. The maximum Gasteiger partial charge on any atom is 0.310 e. The van der Waals surface area contributed by atoms with E-state index in [1.807, 2.05) is 24.3 Å². The van der Waals surface area contributed by atoms with Crippen LogP contribution in [0.2, 0.25) is 0 Å². The van der Waals surface area contributed by atoms with E-state index >= 15 is 0 Å². The van der Waals surface area contributed by atoms with Crippen molar-refractivity contribution in [1.82, 2.24) is 0 Å². The molecule has 0 unspecified atom stereocenters. The quantitative estimate of drug-likeness (QED) is 0.751. The molecule has 2 nitrogen and oxygen atoms in total. The first-order valence-corrected chi connectivity index (χ1v) is 8.86. The summed E-state index contributed by atoms with van der Waals surface area (Å²) in [5.74, 6) is 2.41. The van der Waals surface area contributed by atoms with Crippen LogP contribution in [0.4, 0.5) is 0 Å². The summed E-state index contributed by atoms with van der Waals surface area (Å²) < 4.78 is 7.08. The average Bonchev–Trinajstić information content (AvgIpc) is 2.39. The van der Waals surface area contributed by atoms with Gasteiger partial charge >= 0.3 is 5.97 Å². The lowest BCUT2D eigenvalue weighted by molar-refractivity contribution is -0.185. The van der Waals surface area contributed by atoms with Crippen LogP contribution in [0.15, 0.2) is 28.7 Å². The Morgan fingerprint density at radius 3 is 2.10 bits per heavy atom. The molecule has 0 aromatic heterocycles. The minimum atomic E-state index is -0.110. The van der Waals surface area contributed by atoms with Crippen molar-refractivity contribution in [1.29, 1.82) is 0 Å². The van der Waals surface area contributed by atoms with Crippen molar-refractivity contribution < 1.29 is 9.53 Å². The highest BCUT2D eigenvalue weighted by atomic mass is 79.9. The third-order valence-corrected chi connectivity index (χ3v) is 6.10. The number of ether oxygens (including phenoxy) is 1. The van der Waals surface area contributed by atoms with Gasteiger partial charge in [0.1, 0.15) is 5.60 Å². The van der Waals surface area contributed by atoms with Gasteiger partial charge in [0.25, 0.3) is 0 Å². The van der Waals surface area contributed by atoms with Gasteiger partial charge in [0.05, 0.1) is 6.42 Å². The zero-order valence-electron chi connectivity index (χ0n) is 12.2. The van der Waals surface area contributed by atoms with E-state index in [1.54, 1.807) is 0 Å². The van der Waals surface area contributed by atoms with E-state index in [9.17, 15) is 4.79 Å². The van der Waals surface area contributed by atoms with Gasteiger partial charge in [-0.2, -0.15) is 0 Å². The van der Waals surface area contributed by atoms with Gasteiger partial charge in [0.2, 0.25) is 0 Å². The Bertz CT molecular complexity index is 514. The fourth-order valence-electron chi connectivity index (χ4n) is 5.20. The number of hydrogen-bond donors (Lipinski definition) is 0. The van der Waals surface area contributed by atoms with Crippen LogP contribution in [0.25, 0.3) is 0 Å². The molecule has 5 rings (SSSR count). The first-order valence-electron chi connectivity index (χ1n) is 8.06. The minimum absolute atomic E-state index is 0.0423. The van der Waals surface area contributed by atoms with Crippen LogP contribution in [0.1, 0.15) is 44.1 Å². The lowest BCUT2D eigenvalue weighted by atomic mass is 9.54. The molecule has 0 saturated heterocycles. The number of carbonyl (C=O) groups is 1. The Hall–Kier alpha value is -0.830. The molecule has 1 aromatic rings. The largest absolute Gasteiger partial charge is 0.459 e. The highest BCUT2D eigenvalue weighted by molar-refractivity contribution is 9.10. The summed E-state index contributed by atoms with van der Waals surface area (Å²) in [4.78, 5) is 12.3. The second-order valence-corrected chi connectivity index (χ2v) is 8.29. The Labute approximate surface area is 134 Å². The van der Waals surface area contributed by atoms with Crippen molar-refractivity contribution in [3.05, 3.63) is 34.3 Å². The zero-order chi connectivity index (χ0) is 14.4. The van der Waals surface area contributed by atoms with Crippen LogP contribution >= 0.6 is 15.9 Å². The molecular formula is C18H21BrO2. The van der Waals surface area contributed by atoms with Gasteiger partial charge < -0.3 is 4.74 Å². The molecule has 4 aliphatic carbocycles. The average molecular weight is 349 g/mol. The van der Waals surface area contributed by atoms with Crippen LogP contribution in [-0.4, -0.2) is 11.6 Å². The first-order chi connectivity index (χ1) is 10.1. The molecular weight excluding hydrogens is 328 g/mol. The molecule has 112 valence electrons. The lowest BCUT2D eigenvalue weighted by Gasteiger charge is -2.55. The number of rotatable bonds is 3. The van der Waals surface area contributed by atoms with Crippen LogP contribution in [-0.2, 0) is 16.0 Å². The topological polar surface area (TPSA) is 26.3 Å². The van der Waals surface area contributed by atoms with Gasteiger partial charge in [0, 0.05) is 4.47 Å². The summed E-state index contributed by atoms with van der Waals surface area (Å²) in [5.41, 5.74) is 0.925. The van der Waals surface area contributed by atoms with Crippen molar-refractivity contribution in [2.75, 3.05) is 0 Å². The summed E-state index contributed by atoms with van der Waals surface area (Å²) in [6, 6.07) is 7.94. The van der Waals surface area contributed by atoms with Crippen LogP contribution < -0.4 is 0 Å². The Morgan fingerprint density at radius 1 is 1.05 bits per heavy atom. The monoisotopic (exact) mass is 348 g/mol. The van der Waals surface area contributed by atoms with Crippen LogP contribution in [0.3, 0.4) is 0 Å². The van der Waals surface area contributed by atoms with E-state index in [-0.39, 0.29) is 11.6 Å². The lowest BCUT2D eigenvalue weighted by Crippen LogP contribution is -2.52. The number of carbonyl (C=O) groups excluding carboxylic acids is 1. The van der Waals surface area contributed by atoms with Crippen LogP contribution in [0.5, 0.6) is 0 Å². The van der Waals surface area contributed by atoms with Crippen molar-refractivity contribution in [2.24, 2.45) is 17.8 Å². The molecule has 1 aromatic carbocycles. The summed E-state index contributed by atoms with van der Waals surface area (Å²) in [5, 5.41) is 0.